The number of anilines is 2. The van der Waals surface area contributed by atoms with E-state index in [9.17, 15) is 4.79 Å². The molecule has 2 aliphatic heterocycles. The van der Waals surface area contributed by atoms with Crippen molar-refractivity contribution in [2.24, 2.45) is 0 Å². The molecule has 2 aromatic rings. The molecule has 2 fully saturated rings. The third-order valence-corrected chi connectivity index (χ3v) is 5.37. The molecule has 2 aliphatic rings. The molecule has 1 amide bonds. The molecule has 0 bridgehead atoms. The Bertz CT molecular complexity index is 831. The first-order chi connectivity index (χ1) is 14.2. The largest absolute Gasteiger partial charge is 0.491 e. The predicted molar refractivity (Wildman–Crippen MR) is 113 cm³/mol. The highest BCUT2D eigenvalue weighted by molar-refractivity contribution is 6.31. The van der Waals surface area contributed by atoms with Gasteiger partial charge in [0.05, 0.1) is 30.7 Å². The smallest absolute Gasteiger partial charge is 0.255 e. The molecule has 29 heavy (non-hydrogen) atoms. The second kappa shape index (κ2) is 9.48. The highest BCUT2D eigenvalue weighted by Gasteiger charge is 2.18. The quantitative estimate of drug-likeness (QED) is 0.771. The van der Waals surface area contributed by atoms with Gasteiger partial charge in [-0.25, -0.2) is 0 Å². The van der Waals surface area contributed by atoms with Crippen LogP contribution in [0, 0.1) is 0 Å². The van der Waals surface area contributed by atoms with E-state index < -0.39 is 0 Å². The molecule has 0 aromatic heterocycles. The maximum absolute atomic E-state index is 12.8. The summed E-state index contributed by atoms with van der Waals surface area (Å²) >= 11 is 6.17. The third kappa shape index (κ3) is 5.21. The fourth-order valence-electron chi connectivity index (χ4n) is 3.55. The van der Waals surface area contributed by atoms with Crippen LogP contribution in [-0.2, 0) is 9.47 Å². The van der Waals surface area contributed by atoms with Crippen LogP contribution in [-0.4, -0.2) is 51.5 Å². The highest BCUT2D eigenvalue weighted by Crippen LogP contribution is 2.30. The monoisotopic (exact) mass is 416 g/mol. The summed E-state index contributed by atoms with van der Waals surface area (Å²) in [5.41, 5.74) is 2.20. The molecule has 0 aliphatic carbocycles. The maximum Gasteiger partial charge on any atom is 0.255 e. The van der Waals surface area contributed by atoms with E-state index in [2.05, 4.69) is 10.2 Å². The van der Waals surface area contributed by atoms with Gasteiger partial charge >= 0.3 is 0 Å². The van der Waals surface area contributed by atoms with Gasteiger partial charge in [-0.05, 0) is 55.3 Å². The SMILES string of the molecule is O=C(Nc1cc(Cl)ccc1N1CCOCC1)c1ccc(OCC2CCCO2)cc1. The van der Waals surface area contributed by atoms with Gasteiger partial charge in [0.2, 0.25) is 0 Å². The second-order valence-corrected chi connectivity index (χ2v) is 7.62. The number of benzene rings is 2. The maximum atomic E-state index is 12.8. The molecule has 2 aromatic carbocycles. The Kier molecular flexibility index (Phi) is 6.54. The molecule has 2 saturated heterocycles. The molecule has 2 heterocycles. The molecule has 1 unspecified atom stereocenters. The molecular formula is C22H25ClN2O4. The Morgan fingerprint density at radius 3 is 2.66 bits per heavy atom. The van der Waals surface area contributed by atoms with E-state index in [1.807, 2.05) is 24.3 Å². The standard InChI is InChI=1S/C22H25ClN2O4/c23-17-5-8-21(25-9-12-27-13-10-25)20(14-17)24-22(26)16-3-6-18(7-4-16)29-15-19-2-1-11-28-19/h3-8,14,19H,1-2,9-13,15H2,(H,24,26). The van der Waals surface area contributed by atoms with Crippen LogP contribution >= 0.6 is 11.6 Å². The average molecular weight is 417 g/mol. The van der Waals surface area contributed by atoms with Gasteiger partial charge in [-0.3, -0.25) is 4.79 Å². The number of amides is 1. The number of carbonyl (C=O) groups excluding carboxylic acids is 1. The zero-order chi connectivity index (χ0) is 20.1. The topological polar surface area (TPSA) is 60.0 Å². The van der Waals surface area contributed by atoms with Crippen molar-refractivity contribution in [3.63, 3.8) is 0 Å². The summed E-state index contributed by atoms with van der Waals surface area (Å²) < 4.78 is 16.8. The first-order valence-corrected chi connectivity index (χ1v) is 10.3. The summed E-state index contributed by atoms with van der Waals surface area (Å²) in [5.74, 6) is 0.543. The van der Waals surface area contributed by atoms with Crippen molar-refractivity contribution < 1.29 is 19.0 Å². The Morgan fingerprint density at radius 1 is 1.14 bits per heavy atom. The minimum Gasteiger partial charge on any atom is -0.491 e. The van der Waals surface area contributed by atoms with E-state index in [0.717, 1.165) is 44.0 Å². The molecule has 6 nitrogen and oxygen atoms in total. The Morgan fingerprint density at radius 2 is 1.93 bits per heavy atom. The lowest BCUT2D eigenvalue weighted by atomic mass is 10.1. The number of morpholine rings is 1. The van der Waals surface area contributed by atoms with E-state index >= 15 is 0 Å². The molecule has 0 saturated carbocycles. The molecule has 4 rings (SSSR count). The molecule has 0 radical (unpaired) electrons. The van der Waals surface area contributed by atoms with E-state index in [1.165, 1.54) is 0 Å². The summed E-state index contributed by atoms with van der Waals surface area (Å²) in [6.07, 6.45) is 2.29. The van der Waals surface area contributed by atoms with Gasteiger partial charge in [0.15, 0.2) is 0 Å². The Balaban J connectivity index is 1.41. The first-order valence-electron chi connectivity index (χ1n) is 9.97. The normalized spacial score (nSPS) is 19.2. The molecular weight excluding hydrogens is 392 g/mol. The lowest BCUT2D eigenvalue weighted by Crippen LogP contribution is -2.36. The second-order valence-electron chi connectivity index (χ2n) is 7.19. The average Bonchev–Trinajstić information content (AvgIpc) is 3.27. The molecule has 1 atom stereocenters. The number of ether oxygens (including phenoxy) is 3. The summed E-state index contributed by atoms with van der Waals surface area (Å²) in [4.78, 5) is 15.0. The summed E-state index contributed by atoms with van der Waals surface area (Å²) in [5, 5.41) is 3.57. The van der Waals surface area contributed by atoms with Crippen molar-refractivity contribution in [2.75, 3.05) is 49.7 Å². The van der Waals surface area contributed by atoms with Crippen molar-refractivity contribution in [1.82, 2.24) is 0 Å². The van der Waals surface area contributed by atoms with Gasteiger partial charge in [0.1, 0.15) is 12.4 Å². The van der Waals surface area contributed by atoms with Crippen LogP contribution in [0.5, 0.6) is 5.75 Å². The van der Waals surface area contributed by atoms with Crippen LogP contribution in [0.1, 0.15) is 23.2 Å². The number of carbonyl (C=O) groups is 1. The zero-order valence-corrected chi connectivity index (χ0v) is 17.0. The highest BCUT2D eigenvalue weighted by atomic mass is 35.5. The summed E-state index contributed by atoms with van der Waals surface area (Å²) in [7, 11) is 0. The summed E-state index contributed by atoms with van der Waals surface area (Å²) in [6.45, 7) is 4.25. The number of rotatable bonds is 6. The van der Waals surface area contributed by atoms with Crippen molar-refractivity contribution in [1.29, 1.82) is 0 Å². The molecule has 1 N–H and O–H groups in total. The number of nitrogens with zero attached hydrogens (tertiary/aromatic N) is 1. The van der Waals surface area contributed by atoms with Crippen LogP contribution in [0.15, 0.2) is 42.5 Å². The Hall–Kier alpha value is -2.28. The van der Waals surface area contributed by atoms with Crippen LogP contribution in [0.4, 0.5) is 11.4 Å². The minimum atomic E-state index is -0.188. The summed E-state index contributed by atoms with van der Waals surface area (Å²) in [6, 6.07) is 12.7. The van der Waals surface area contributed by atoms with Crippen molar-refractivity contribution in [3.8, 4) is 5.75 Å². The van der Waals surface area contributed by atoms with Crippen LogP contribution in [0.25, 0.3) is 0 Å². The molecule has 7 heteroatoms. The van der Waals surface area contributed by atoms with E-state index in [1.54, 1.807) is 18.2 Å². The first kappa shape index (κ1) is 20.0. The van der Waals surface area contributed by atoms with Crippen molar-refractivity contribution in [2.45, 2.75) is 18.9 Å². The third-order valence-electron chi connectivity index (χ3n) is 5.13. The van der Waals surface area contributed by atoms with Gasteiger partial charge < -0.3 is 24.4 Å². The number of hydrogen-bond donors (Lipinski definition) is 1. The van der Waals surface area contributed by atoms with Crippen molar-refractivity contribution >= 4 is 28.9 Å². The van der Waals surface area contributed by atoms with Crippen LogP contribution < -0.4 is 15.0 Å². The number of nitrogens with one attached hydrogen (secondary N) is 1. The van der Waals surface area contributed by atoms with Gasteiger partial charge in [0.25, 0.3) is 5.91 Å². The van der Waals surface area contributed by atoms with E-state index in [4.69, 9.17) is 25.8 Å². The van der Waals surface area contributed by atoms with Gasteiger partial charge in [-0.15, -0.1) is 0 Å². The van der Waals surface area contributed by atoms with Crippen molar-refractivity contribution in [3.05, 3.63) is 53.1 Å². The predicted octanol–water partition coefficient (Wildman–Crippen LogP) is 3.99. The van der Waals surface area contributed by atoms with Gasteiger partial charge in [0, 0.05) is 30.3 Å². The number of halogens is 1. The lowest BCUT2D eigenvalue weighted by molar-refractivity contribution is 0.0679. The lowest BCUT2D eigenvalue weighted by Gasteiger charge is -2.30. The fourth-order valence-corrected chi connectivity index (χ4v) is 3.72. The molecule has 0 spiro atoms. The van der Waals surface area contributed by atoms with Gasteiger partial charge in [-0.2, -0.15) is 0 Å². The van der Waals surface area contributed by atoms with E-state index in [-0.39, 0.29) is 12.0 Å². The Labute approximate surface area is 175 Å². The fraction of sp³-hybridized carbons (Fsp3) is 0.409. The molecule has 154 valence electrons. The minimum absolute atomic E-state index is 0.166. The number of hydrogen-bond acceptors (Lipinski definition) is 5. The van der Waals surface area contributed by atoms with Crippen LogP contribution in [0.2, 0.25) is 5.02 Å². The van der Waals surface area contributed by atoms with E-state index in [0.29, 0.717) is 36.1 Å². The van der Waals surface area contributed by atoms with Crippen LogP contribution in [0.3, 0.4) is 0 Å². The van der Waals surface area contributed by atoms with Gasteiger partial charge in [-0.1, -0.05) is 11.6 Å². The zero-order valence-electron chi connectivity index (χ0n) is 16.2.